The van der Waals surface area contributed by atoms with E-state index < -0.39 is 29.8 Å². The van der Waals surface area contributed by atoms with Crippen molar-refractivity contribution in [2.45, 2.75) is 12.2 Å². The maximum absolute atomic E-state index is 13.4. The van der Waals surface area contributed by atoms with Crippen LogP contribution in [-0.2, 0) is 15.7 Å². The Labute approximate surface area is 159 Å². The third-order valence-corrected chi connectivity index (χ3v) is 4.07. The minimum atomic E-state index is -4.65. The Hall–Kier alpha value is -2.59. The molecule has 1 aromatic rings. The number of carbonyl (C=O) groups is 1. The smallest absolute Gasteiger partial charge is 0.379 e. The number of rotatable bonds is 7. The first-order valence-electron chi connectivity index (χ1n) is 8.40. The molecule has 2 heterocycles. The van der Waals surface area contributed by atoms with E-state index >= 15 is 0 Å². The van der Waals surface area contributed by atoms with E-state index in [2.05, 4.69) is 28.4 Å². The van der Waals surface area contributed by atoms with E-state index in [4.69, 9.17) is 4.74 Å². The van der Waals surface area contributed by atoms with Crippen LogP contribution in [0.15, 0.2) is 49.1 Å². The van der Waals surface area contributed by atoms with Gasteiger partial charge in [0.15, 0.2) is 0 Å². The molecule has 1 amide bonds. The van der Waals surface area contributed by atoms with E-state index in [0.29, 0.717) is 31.9 Å². The van der Waals surface area contributed by atoms with Crippen molar-refractivity contribution < 1.29 is 27.1 Å². The SMILES string of the molecule is C=C/C=C(\C(=C)F)C(=O)NCC(c1cnc(C(F)(F)F)nc1)N1CCOCC1. The van der Waals surface area contributed by atoms with E-state index in [1.165, 1.54) is 12.2 Å². The number of nitrogens with zero attached hydrogens (tertiary/aromatic N) is 3. The highest BCUT2D eigenvalue weighted by atomic mass is 19.4. The van der Waals surface area contributed by atoms with Gasteiger partial charge in [-0.3, -0.25) is 9.69 Å². The van der Waals surface area contributed by atoms with E-state index in [9.17, 15) is 22.4 Å². The molecule has 10 heteroatoms. The third kappa shape index (κ3) is 5.70. The van der Waals surface area contributed by atoms with Crippen LogP contribution < -0.4 is 5.32 Å². The number of hydrogen-bond acceptors (Lipinski definition) is 5. The van der Waals surface area contributed by atoms with Crippen molar-refractivity contribution in [3.05, 3.63) is 60.5 Å². The molecule has 0 aliphatic carbocycles. The molecule has 1 saturated heterocycles. The predicted octanol–water partition coefficient (Wildman–Crippen LogP) is 2.58. The monoisotopic (exact) mass is 400 g/mol. The van der Waals surface area contributed by atoms with Gasteiger partial charge in [-0.05, 0) is 6.08 Å². The van der Waals surface area contributed by atoms with E-state index in [0.717, 1.165) is 12.4 Å². The van der Waals surface area contributed by atoms with Crippen LogP contribution in [0.3, 0.4) is 0 Å². The molecule has 0 bridgehead atoms. The predicted molar refractivity (Wildman–Crippen MR) is 93.7 cm³/mol. The fourth-order valence-corrected chi connectivity index (χ4v) is 2.70. The zero-order valence-electron chi connectivity index (χ0n) is 15.0. The summed E-state index contributed by atoms with van der Waals surface area (Å²) in [7, 11) is 0. The van der Waals surface area contributed by atoms with Crippen molar-refractivity contribution in [2.75, 3.05) is 32.8 Å². The summed E-state index contributed by atoms with van der Waals surface area (Å²) in [5.41, 5.74) is 0.114. The Morgan fingerprint density at radius 1 is 1.32 bits per heavy atom. The van der Waals surface area contributed by atoms with E-state index in [1.807, 2.05) is 4.90 Å². The van der Waals surface area contributed by atoms with Crippen molar-refractivity contribution in [1.82, 2.24) is 20.2 Å². The molecule has 1 N–H and O–H groups in total. The molecule has 1 aliphatic heterocycles. The number of halogens is 4. The Bertz CT molecular complexity index is 741. The summed E-state index contributed by atoms with van der Waals surface area (Å²) < 4.78 is 56.8. The largest absolute Gasteiger partial charge is 0.451 e. The summed E-state index contributed by atoms with van der Waals surface area (Å²) in [6, 6.07) is -0.506. The maximum Gasteiger partial charge on any atom is 0.451 e. The van der Waals surface area contributed by atoms with Crippen LogP contribution in [0.2, 0.25) is 0 Å². The number of hydrogen-bond donors (Lipinski definition) is 1. The first-order chi connectivity index (χ1) is 13.2. The quantitative estimate of drug-likeness (QED) is 0.433. The molecule has 1 aliphatic rings. The number of nitrogens with one attached hydrogen (secondary N) is 1. The highest BCUT2D eigenvalue weighted by molar-refractivity contribution is 5.97. The lowest BCUT2D eigenvalue weighted by atomic mass is 10.1. The number of amides is 1. The van der Waals surface area contributed by atoms with Gasteiger partial charge in [-0.2, -0.15) is 13.2 Å². The van der Waals surface area contributed by atoms with Crippen LogP contribution in [0.4, 0.5) is 17.6 Å². The zero-order valence-corrected chi connectivity index (χ0v) is 15.0. The minimum Gasteiger partial charge on any atom is -0.379 e. The average molecular weight is 400 g/mol. The Morgan fingerprint density at radius 3 is 2.43 bits per heavy atom. The highest BCUT2D eigenvalue weighted by Crippen LogP contribution is 2.27. The number of ether oxygens (including phenoxy) is 1. The number of alkyl halides is 3. The standard InChI is InChI=1S/C18H20F4N4O2/c1-3-4-14(12(2)19)16(27)23-11-15(26-5-7-28-8-6-26)13-9-24-17(25-10-13)18(20,21)22/h3-4,9-10,15H,1-2,5-8,11H2,(H,23,27)/b14-4+. The first kappa shape index (κ1) is 21.7. The van der Waals surface area contributed by atoms with Crippen LogP contribution in [0.25, 0.3) is 0 Å². The van der Waals surface area contributed by atoms with Gasteiger partial charge in [0.05, 0.1) is 24.8 Å². The molecule has 0 aromatic carbocycles. The van der Waals surface area contributed by atoms with Gasteiger partial charge >= 0.3 is 6.18 Å². The van der Waals surface area contributed by atoms with Gasteiger partial charge in [0, 0.05) is 37.6 Å². The molecule has 28 heavy (non-hydrogen) atoms. The van der Waals surface area contributed by atoms with E-state index in [1.54, 1.807) is 0 Å². The Kier molecular flexibility index (Phi) is 7.41. The van der Waals surface area contributed by atoms with Crippen LogP contribution in [-0.4, -0.2) is 53.6 Å². The molecule has 1 unspecified atom stereocenters. The second-order valence-corrected chi connectivity index (χ2v) is 5.93. The molecule has 1 aromatic heterocycles. The van der Waals surface area contributed by atoms with Gasteiger partial charge in [-0.25, -0.2) is 14.4 Å². The summed E-state index contributed by atoms with van der Waals surface area (Å²) in [5.74, 6) is -2.87. The van der Waals surface area contributed by atoms with Gasteiger partial charge in [0.25, 0.3) is 5.91 Å². The minimum absolute atomic E-state index is 0.00925. The number of carbonyl (C=O) groups excluding carboxylic acids is 1. The fourth-order valence-electron chi connectivity index (χ4n) is 2.70. The molecule has 0 spiro atoms. The lowest BCUT2D eigenvalue weighted by molar-refractivity contribution is -0.145. The summed E-state index contributed by atoms with van der Waals surface area (Å²) in [5, 5.41) is 2.57. The zero-order chi connectivity index (χ0) is 20.7. The van der Waals surface area contributed by atoms with Crippen LogP contribution in [0.5, 0.6) is 0 Å². The number of morpholine rings is 1. The summed E-state index contributed by atoms with van der Waals surface area (Å²) >= 11 is 0. The van der Waals surface area contributed by atoms with E-state index in [-0.39, 0.29) is 12.1 Å². The van der Waals surface area contributed by atoms with Crippen molar-refractivity contribution >= 4 is 5.91 Å². The van der Waals surface area contributed by atoms with Gasteiger partial charge in [-0.1, -0.05) is 19.2 Å². The van der Waals surface area contributed by atoms with Crippen LogP contribution >= 0.6 is 0 Å². The molecular formula is C18H20F4N4O2. The second kappa shape index (κ2) is 9.56. The summed E-state index contributed by atoms with van der Waals surface area (Å²) in [6.07, 6.45) is -0.0497. The fraction of sp³-hybridized carbons (Fsp3) is 0.389. The molecule has 2 rings (SSSR count). The van der Waals surface area contributed by atoms with Gasteiger partial charge in [-0.15, -0.1) is 0 Å². The Balaban J connectivity index is 2.20. The molecule has 152 valence electrons. The van der Waals surface area contributed by atoms with Gasteiger partial charge < -0.3 is 10.1 Å². The van der Waals surface area contributed by atoms with Crippen molar-refractivity contribution in [3.8, 4) is 0 Å². The number of aromatic nitrogens is 2. The first-order valence-corrected chi connectivity index (χ1v) is 8.40. The topological polar surface area (TPSA) is 67.4 Å². The Morgan fingerprint density at radius 2 is 1.93 bits per heavy atom. The molecule has 1 atom stereocenters. The van der Waals surface area contributed by atoms with Crippen molar-refractivity contribution in [1.29, 1.82) is 0 Å². The van der Waals surface area contributed by atoms with Crippen LogP contribution in [0, 0.1) is 0 Å². The molecule has 0 radical (unpaired) electrons. The average Bonchev–Trinajstić information content (AvgIpc) is 2.66. The third-order valence-electron chi connectivity index (χ3n) is 4.07. The van der Waals surface area contributed by atoms with Crippen LogP contribution in [0.1, 0.15) is 17.4 Å². The van der Waals surface area contributed by atoms with Gasteiger partial charge in [0.1, 0.15) is 5.83 Å². The normalized spacial score (nSPS) is 17.1. The molecular weight excluding hydrogens is 380 g/mol. The summed E-state index contributed by atoms with van der Waals surface area (Å²) in [6.45, 7) is 8.42. The van der Waals surface area contributed by atoms with Crippen molar-refractivity contribution in [2.24, 2.45) is 0 Å². The molecule has 6 nitrogen and oxygen atoms in total. The number of allylic oxidation sites excluding steroid dienone is 2. The molecule has 0 saturated carbocycles. The lowest BCUT2D eigenvalue weighted by Crippen LogP contribution is -2.44. The maximum atomic E-state index is 13.4. The second-order valence-electron chi connectivity index (χ2n) is 5.93. The summed E-state index contributed by atoms with van der Waals surface area (Å²) in [4.78, 5) is 20.9. The van der Waals surface area contributed by atoms with Crippen molar-refractivity contribution in [3.63, 3.8) is 0 Å². The lowest BCUT2D eigenvalue weighted by Gasteiger charge is -2.34. The molecule has 1 fully saturated rings. The highest BCUT2D eigenvalue weighted by Gasteiger charge is 2.35. The van der Waals surface area contributed by atoms with Gasteiger partial charge in [0.2, 0.25) is 5.82 Å².